The van der Waals surface area contributed by atoms with Gasteiger partial charge < -0.3 is 20.5 Å². The van der Waals surface area contributed by atoms with Crippen LogP contribution in [0, 0.1) is 0 Å². The van der Waals surface area contributed by atoms with Gasteiger partial charge in [0.1, 0.15) is 11.5 Å². The number of aromatic hydroxyl groups is 1. The highest BCUT2D eigenvalue weighted by atomic mass is 32.1. The highest BCUT2D eigenvalue weighted by molar-refractivity contribution is 7.80. The number of thiocarbonyl (C=S) groups is 1. The van der Waals surface area contributed by atoms with E-state index < -0.39 is 0 Å². The quantitative estimate of drug-likeness (QED) is 0.586. The Balaban J connectivity index is 1.74. The minimum Gasteiger partial charge on any atom is -0.508 e. The Hall–Kier alpha value is -2.27. The molecule has 0 amide bonds. The number of benzene rings is 2. The first-order chi connectivity index (χ1) is 10.2. The van der Waals surface area contributed by atoms with E-state index in [0.717, 1.165) is 24.4 Å². The van der Waals surface area contributed by atoms with Gasteiger partial charge in [0.05, 0.1) is 7.11 Å². The molecule has 0 bridgehead atoms. The monoisotopic (exact) mass is 302 g/mol. The van der Waals surface area contributed by atoms with Crippen LogP contribution in [0.1, 0.15) is 5.56 Å². The van der Waals surface area contributed by atoms with Crippen molar-refractivity contribution in [1.82, 2.24) is 5.32 Å². The fraction of sp³-hybridized carbons (Fsp3) is 0.188. The Labute approximate surface area is 129 Å². The maximum Gasteiger partial charge on any atom is 0.170 e. The maximum absolute atomic E-state index is 9.21. The van der Waals surface area contributed by atoms with Crippen molar-refractivity contribution >= 4 is 23.0 Å². The van der Waals surface area contributed by atoms with Gasteiger partial charge in [-0.25, -0.2) is 0 Å². The van der Waals surface area contributed by atoms with Crippen LogP contribution in [0.4, 0.5) is 5.69 Å². The molecular formula is C16H18N2O2S. The van der Waals surface area contributed by atoms with Gasteiger partial charge in [0.2, 0.25) is 0 Å². The minimum atomic E-state index is 0.235. The van der Waals surface area contributed by atoms with E-state index in [1.165, 1.54) is 5.56 Å². The van der Waals surface area contributed by atoms with Crippen LogP contribution in [0.25, 0.3) is 0 Å². The average Bonchev–Trinajstić information content (AvgIpc) is 2.50. The highest BCUT2D eigenvalue weighted by Gasteiger charge is 1.99. The van der Waals surface area contributed by atoms with Crippen molar-refractivity contribution in [2.45, 2.75) is 6.42 Å². The van der Waals surface area contributed by atoms with E-state index in [2.05, 4.69) is 10.6 Å². The summed E-state index contributed by atoms with van der Waals surface area (Å²) in [5.41, 5.74) is 2.06. The van der Waals surface area contributed by atoms with E-state index in [4.69, 9.17) is 17.0 Å². The van der Waals surface area contributed by atoms with Gasteiger partial charge in [-0.1, -0.05) is 12.1 Å². The Morgan fingerprint density at radius 1 is 1.10 bits per heavy atom. The first-order valence-corrected chi connectivity index (χ1v) is 7.05. The number of hydrogen-bond donors (Lipinski definition) is 3. The zero-order chi connectivity index (χ0) is 15.1. The number of ether oxygens (including phenoxy) is 1. The van der Waals surface area contributed by atoms with Crippen LogP contribution in [0.2, 0.25) is 0 Å². The summed E-state index contributed by atoms with van der Waals surface area (Å²) in [6.07, 6.45) is 0.876. The Bertz CT molecular complexity index is 582. The second-order valence-corrected chi connectivity index (χ2v) is 4.93. The van der Waals surface area contributed by atoms with Crippen molar-refractivity contribution in [3.05, 3.63) is 54.1 Å². The van der Waals surface area contributed by atoms with Gasteiger partial charge >= 0.3 is 0 Å². The molecule has 0 atom stereocenters. The molecule has 4 nitrogen and oxygen atoms in total. The van der Waals surface area contributed by atoms with Gasteiger partial charge in [-0.2, -0.15) is 0 Å². The zero-order valence-electron chi connectivity index (χ0n) is 11.8. The molecule has 0 fully saturated rings. The molecule has 0 aromatic heterocycles. The van der Waals surface area contributed by atoms with Crippen molar-refractivity contribution in [1.29, 1.82) is 0 Å². The van der Waals surface area contributed by atoms with E-state index in [1.807, 2.05) is 24.3 Å². The van der Waals surface area contributed by atoms with E-state index in [0.29, 0.717) is 5.11 Å². The average molecular weight is 302 g/mol. The van der Waals surface area contributed by atoms with Crippen molar-refractivity contribution in [2.24, 2.45) is 0 Å². The van der Waals surface area contributed by atoms with Crippen LogP contribution >= 0.6 is 12.2 Å². The summed E-state index contributed by atoms with van der Waals surface area (Å²) >= 11 is 5.22. The molecule has 0 saturated heterocycles. The maximum atomic E-state index is 9.21. The SMILES string of the molecule is COc1ccc(CCNC(=S)Nc2ccc(O)cc2)cc1. The number of rotatable bonds is 5. The predicted molar refractivity (Wildman–Crippen MR) is 89.0 cm³/mol. The molecular weight excluding hydrogens is 284 g/mol. The lowest BCUT2D eigenvalue weighted by Gasteiger charge is -2.10. The lowest BCUT2D eigenvalue weighted by Crippen LogP contribution is -2.30. The van der Waals surface area contributed by atoms with E-state index in [9.17, 15) is 5.11 Å². The van der Waals surface area contributed by atoms with Crippen LogP contribution in [0.5, 0.6) is 11.5 Å². The van der Waals surface area contributed by atoms with Gasteiger partial charge in [0, 0.05) is 12.2 Å². The Kier molecular flexibility index (Phi) is 5.40. The predicted octanol–water partition coefficient (Wildman–Crippen LogP) is 2.93. The third-order valence-corrected chi connectivity index (χ3v) is 3.23. The minimum absolute atomic E-state index is 0.235. The number of methoxy groups -OCH3 is 1. The number of nitrogens with one attached hydrogen (secondary N) is 2. The number of anilines is 1. The normalized spacial score (nSPS) is 9.95. The van der Waals surface area contributed by atoms with Gasteiger partial charge in [0.25, 0.3) is 0 Å². The van der Waals surface area contributed by atoms with Gasteiger partial charge in [-0.05, 0) is 60.6 Å². The molecule has 0 unspecified atom stereocenters. The van der Waals surface area contributed by atoms with Gasteiger partial charge in [-0.15, -0.1) is 0 Å². The third kappa shape index (κ3) is 4.96. The number of phenolic OH excluding ortho intramolecular Hbond substituents is 1. The van der Waals surface area contributed by atoms with Crippen LogP contribution in [0.15, 0.2) is 48.5 Å². The highest BCUT2D eigenvalue weighted by Crippen LogP contribution is 2.13. The van der Waals surface area contributed by atoms with Crippen LogP contribution < -0.4 is 15.4 Å². The van der Waals surface area contributed by atoms with Crippen LogP contribution in [-0.2, 0) is 6.42 Å². The lowest BCUT2D eigenvalue weighted by atomic mass is 10.1. The second-order valence-electron chi connectivity index (χ2n) is 4.53. The second kappa shape index (κ2) is 7.50. The third-order valence-electron chi connectivity index (χ3n) is 2.98. The standard InChI is InChI=1S/C16H18N2O2S/c1-20-15-8-2-12(3-9-15)10-11-17-16(21)18-13-4-6-14(19)7-5-13/h2-9,19H,10-11H2,1H3,(H2,17,18,21). The molecule has 0 aliphatic heterocycles. The van der Waals surface area contributed by atoms with Gasteiger partial charge in [-0.3, -0.25) is 0 Å². The molecule has 0 aliphatic carbocycles. The fourth-order valence-electron chi connectivity index (χ4n) is 1.83. The van der Waals surface area contributed by atoms with E-state index >= 15 is 0 Å². The Morgan fingerprint density at radius 2 is 1.76 bits per heavy atom. The molecule has 3 N–H and O–H groups in total. The molecule has 2 aromatic rings. The summed E-state index contributed by atoms with van der Waals surface area (Å²) < 4.78 is 5.12. The molecule has 0 aliphatic rings. The smallest absolute Gasteiger partial charge is 0.170 e. The summed E-state index contributed by atoms with van der Waals surface area (Å²) in [6.45, 7) is 0.746. The summed E-state index contributed by atoms with van der Waals surface area (Å²) in [5, 5.41) is 16.0. The zero-order valence-corrected chi connectivity index (χ0v) is 12.6. The fourth-order valence-corrected chi connectivity index (χ4v) is 2.05. The molecule has 0 saturated carbocycles. The van der Waals surface area contributed by atoms with E-state index in [1.54, 1.807) is 31.4 Å². The lowest BCUT2D eigenvalue weighted by molar-refractivity contribution is 0.414. The van der Waals surface area contributed by atoms with E-state index in [-0.39, 0.29) is 5.75 Å². The van der Waals surface area contributed by atoms with Gasteiger partial charge in [0.15, 0.2) is 5.11 Å². The molecule has 110 valence electrons. The van der Waals surface area contributed by atoms with Crippen molar-refractivity contribution in [2.75, 3.05) is 19.0 Å². The number of hydrogen-bond acceptors (Lipinski definition) is 3. The first kappa shape index (κ1) is 15.1. The summed E-state index contributed by atoms with van der Waals surface area (Å²) in [4.78, 5) is 0. The Morgan fingerprint density at radius 3 is 2.38 bits per heavy atom. The van der Waals surface area contributed by atoms with Crippen molar-refractivity contribution in [3.63, 3.8) is 0 Å². The molecule has 0 radical (unpaired) electrons. The molecule has 2 aromatic carbocycles. The van der Waals surface area contributed by atoms with Crippen LogP contribution in [0.3, 0.4) is 0 Å². The molecule has 0 heterocycles. The molecule has 0 spiro atoms. The van der Waals surface area contributed by atoms with Crippen molar-refractivity contribution in [3.8, 4) is 11.5 Å². The molecule has 5 heteroatoms. The van der Waals surface area contributed by atoms with Crippen LogP contribution in [-0.4, -0.2) is 23.9 Å². The molecule has 2 rings (SSSR count). The summed E-state index contributed by atoms with van der Waals surface area (Å²) in [5.74, 6) is 1.09. The largest absolute Gasteiger partial charge is 0.508 e. The number of phenols is 1. The topological polar surface area (TPSA) is 53.5 Å². The molecule has 21 heavy (non-hydrogen) atoms. The summed E-state index contributed by atoms with van der Waals surface area (Å²) in [6, 6.07) is 14.7. The first-order valence-electron chi connectivity index (χ1n) is 6.64. The summed E-state index contributed by atoms with van der Waals surface area (Å²) in [7, 11) is 1.66. The van der Waals surface area contributed by atoms with Crippen molar-refractivity contribution < 1.29 is 9.84 Å².